The van der Waals surface area contributed by atoms with Gasteiger partial charge in [-0.15, -0.1) is 0 Å². The van der Waals surface area contributed by atoms with Crippen molar-refractivity contribution in [1.29, 1.82) is 0 Å². The van der Waals surface area contributed by atoms with Crippen LogP contribution in [0.1, 0.15) is 44.6 Å². The first-order chi connectivity index (χ1) is 12.4. The minimum atomic E-state index is -0.163. The maximum atomic E-state index is 13.1. The number of carbonyl (C=O) groups excluding carboxylic acids is 2. The van der Waals surface area contributed by atoms with E-state index in [-0.39, 0.29) is 23.0 Å². The number of amides is 1. The highest BCUT2D eigenvalue weighted by Gasteiger charge is 2.44. The van der Waals surface area contributed by atoms with Crippen LogP contribution in [-0.4, -0.2) is 11.7 Å². The number of Topliss-reactive ketones (excluding diaryl/α,β-unsaturated/α-hetero) is 1. The van der Waals surface area contributed by atoms with Crippen molar-refractivity contribution < 1.29 is 9.59 Å². The molecule has 0 spiro atoms. The van der Waals surface area contributed by atoms with Crippen molar-refractivity contribution in [2.45, 2.75) is 39.0 Å². The van der Waals surface area contributed by atoms with Gasteiger partial charge < -0.3 is 0 Å². The lowest BCUT2D eigenvalue weighted by Crippen LogP contribution is -2.43. The predicted molar refractivity (Wildman–Crippen MR) is 106 cm³/mol. The molecule has 134 valence electrons. The lowest BCUT2D eigenvalue weighted by atomic mass is 9.69. The summed E-state index contributed by atoms with van der Waals surface area (Å²) in [6, 6.07) is 9.33. The molecule has 0 unspecified atom stereocenters. The Hall–Kier alpha value is -1.91. The normalized spacial score (nSPS) is 22.6. The van der Waals surface area contributed by atoms with E-state index in [1.54, 1.807) is 28.4 Å². The van der Waals surface area contributed by atoms with Crippen LogP contribution < -0.4 is 4.90 Å². The maximum absolute atomic E-state index is 13.1. The van der Waals surface area contributed by atoms with Crippen molar-refractivity contribution >= 4 is 40.3 Å². The minimum Gasteiger partial charge on any atom is -0.294 e. The summed E-state index contributed by atoms with van der Waals surface area (Å²) in [7, 11) is 0. The van der Waals surface area contributed by atoms with Crippen LogP contribution in [0.25, 0.3) is 0 Å². The van der Waals surface area contributed by atoms with Gasteiger partial charge in [0.2, 0.25) is 5.91 Å². The van der Waals surface area contributed by atoms with Crippen LogP contribution in [0, 0.1) is 5.41 Å². The molecular weight excluding hydrogens is 366 g/mol. The van der Waals surface area contributed by atoms with Crippen LogP contribution in [0.4, 0.5) is 5.69 Å². The van der Waals surface area contributed by atoms with Crippen LogP contribution in [0.3, 0.4) is 0 Å². The highest BCUT2D eigenvalue weighted by Crippen LogP contribution is 2.48. The lowest BCUT2D eigenvalue weighted by molar-refractivity contribution is -0.121. The first kappa shape index (κ1) is 17.5. The molecule has 5 heteroatoms. The van der Waals surface area contributed by atoms with Gasteiger partial charge >= 0.3 is 0 Å². The highest BCUT2D eigenvalue weighted by atomic mass is 35.5. The summed E-state index contributed by atoms with van der Waals surface area (Å²) in [5.41, 5.74) is 3.30. The Morgan fingerprint density at radius 1 is 1.19 bits per heavy atom. The molecule has 2 heterocycles. The van der Waals surface area contributed by atoms with E-state index in [9.17, 15) is 9.59 Å². The molecule has 2 aliphatic rings. The third kappa shape index (κ3) is 3.01. The van der Waals surface area contributed by atoms with Gasteiger partial charge in [-0.3, -0.25) is 14.5 Å². The van der Waals surface area contributed by atoms with E-state index in [0.29, 0.717) is 24.3 Å². The third-order valence-corrected chi connectivity index (χ3v) is 6.09. The van der Waals surface area contributed by atoms with Gasteiger partial charge in [-0.1, -0.05) is 31.5 Å². The van der Waals surface area contributed by atoms with Gasteiger partial charge in [-0.05, 0) is 52.4 Å². The zero-order valence-electron chi connectivity index (χ0n) is 14.8. The average Bonchev–Trinajstić information content (AvgIpc) is 3.06. The highest BCUT2D eigenvalue weighted by molar-refractivity contribution is 7.08. The van der Waals surface area contributed by atoms with E-state index in [1.165, 1.54) is 0 Å². The number of halogens is 1. The van der Waals surface area contributed by atoms with Crippen molar-refractivity contribution in [2.75, 3.05) is 4.90 Å². The fourth-order valence-corrected chi connectivity index (χ4v) is 4.99. The van der Waals surface area contributed by atoms with E-state index in [2.05, 4.69) is 13.8 Å². The molecule has 26 heavy (non-hydrogen) atoms. The van der Waals surface area contributed by atoms with E-state index >= 15 is 0 Å². The Bertz CT molecular complexity index is 914. The van der Waals surface area contributed by atoms with Crippen molar-refractivity contribution in [3.8, 4) is 0 Å². The number of nitrogens with zero attached hydrogens (tertiary/aromatic N) is 1. The summed E-state index contributed by atoms with van der Waals surface area (Å²) < 4.78 is 0. The molecule has 0 N–H and O–H groups in total. The molecule has 1 aromatic heterocycles. The maximum Gasteiger partial charge on any atom is 0.232 e. The molecule has 0 saturated heterocycles. The summed E-state index contributed by atoms with van der Waals surface area (Å²) in [4.78, 5) is 27.9. The van der Waals surface area contributed by atoms with Gasteiger partial charge in [-0.25, -0.2) is 0 Å². The smallest absolute Gasteiger partial charge is 0.232 e. The zero-order valence-corrected chi connectivity index (χ0v) is 16.4. The fourth-order valence-electron chi connectivity index (χ4n) is 4.09. The van der Waals surface area contributed by atoms with E-state index in [0.717, 1.165) is 22.5 Å². The molecule has 0 radical (unpaired) electrons. The number of carbonyl (C=O) groups is 2. The van der Waals surface area contributed by atoms with Crippen LogP contribution in [0.5, 0.6) is 0 Å². The standard InChI is InChI=1S/C21H20ClNO2S/c1-21(2)10-17-20(18(24)11-21)16(13-6-7-26-12-13)9-19(25)23(17)15-5-3-4-14(22)8-15/h3-8,12,16H,9-11H2,1-2H3/t16-/m1/s1. The molecule has 1 aliphatic carbocycles. The second kappa shape index (κ2) is 6.36. The fraction of sp³-hybridized carbons (Fsp3) is 0.333. The number of thiophene rings is 1. The van der Waals surface area contributed by atoms with Gasteiger partial charge in [0.25, 0.3) is 0 Å². The van der Waals surface area contributed by atoms with Crippen LogP contribution in [0.15, 0.2) is 52.4 Å². The molecule has 0 saturated carbocycles. The van der Waals surface area contributed by atoms with Crippen molar-refractivity contribution in [3.05, 3.63) is 62.9 Å². The molecule has 1 amide bonds. The van der Waals surface area contributed by atoms with Gasteiger partial charge in [0.05, 0.1) is 5.69 Å². The van der Waals surface area contributed by atoms with E-state index in [1.807, 2.05) is 29.0 Å². The molecule has 1 atom stereocenters. The number of benzene rings is 1. The summed E-state index contributed by atoms with van der Waals surface area (Å²) in [5, 5.41) is 4.63. The van der Waals surface area contributed by atoms with Crippen molar-refractivity contribution in [1.82, 2.24) is 0 Å². The van der Waals surface area contributed by atoms with Crippen LogP contribution >= 0.6 is 22.9 Å². The zero-order chi connectivity index (χ0) is 18.5. The molecular formula is C21H20ClNO2S. The topological polar surface area (TPSA) is 37.4 Å². The van der Waals surface area contributed by atoms with Crippen molar-refractivity contribution in [3.63, 3.8) is 0 Å². The number of anilines is 1. The third-order valence-electron chi connectivity index (χ3n) is 5.15. The van der Waals surface area contributed by atoms with Crippen LogP contribution in [0.2, 0.25) is 5.02 Å². The Morgan fingerprint density at radius 2 is 2.00 bits per heavy atom. The number of ketones is 1. The Kier molecular flexibility index (Phi) is 4.28. The summed E-state index contributed by atoms with van der Waals surface area (Å²) in [5.74, 6) is 0.0440. The van der Waals surface area contributed by atoms with Crippen molar-refractivity contribution in [2.24, 2.45) is 5.41 Å². The number of hydrogen-bond acceptors (Lipinski definition) is 3. The van der Waals surface area contributed by atoms with Gasteiger partial charge in [0, 0.05) is 35.1 Å². The number of rotatable bonds is 2. The first-order valence-corrected chi connectivity index (χ1v) is 10.0. The number of hydrogen-bond donors (Lipinski definition) is 0. The molecule has 1 aromatic carbocycles. The largest absolute Gasteiger partial charge is 0.294 e. The molecule has 0 bridgehead atoms. The second-order valence-corrected chi connectivity index (χ2v) is 9.04. The molecule has 1 aliphatic heterocycles. The molecule has 2 aromatic rings. The first-order valence-electron chi connectivity index (χ1n) is 8.72. The molecule has 4 rings (SSSR count). The van der Waals surface area contributed by atoms with Gasteiger partial charge in [-0.2, -0.15) is 11.3 Å². The van der Waals surface area contributed by atoms with Crippen LogP contribution in [-0.2, 0) is 9.59 Å². The monoisotopic (exact) mass is 385 g/mol. The number of allylic oxidation sites excluding steroid dienone is 2. The van der Waals surface area contributed by atoms with Gasteiger partial charge in [0.1, 0.15) is 0 Å². The summed E-state index contributed by atoms with van der Waals surface area (Å²) >= 11 is 7.76. The summed E-state index contributed by atoms with van der Waals surface area (Å²) in [6.07, 6.45) is 1.53. The Morgan fingerprint density at radius 3 is 2.69 bits per heavy atom. The lowest BCUT2D eigenvalue weighted by Gasteiger charge is -2.42. The average molecular weight is 386 g/mol. The Balaban J connectivity index is 1.91. The predicted octanol–water partition coefficient (Wildman–Crippen LogP) is 5.57. The minimum absolute atomic E-state index is 0.0210. The Labute approximate surface area is 162 Å². The van der Waals surface area contributed by atoms with Gasteiger partial charge in [0.15, 0.2) is 5.78 Å². The molecule has 0 fully saturated rings. The second-order valence-electron chi connectivity index (χ2n) is 7.82. The quantitative estimate of drug-likeness (QED) is 0.678. The summed E-state index contributed by atoms with van der Waals surface area (Å²) in [6.45, 7) is 4.17. The molecule has 3 nitrogen and oxygen atoms in total. The van der Waals surface area contributed by atoms with E-state index < -0.39 is 0 Å². The SMILES string of the molecule is CC1(C)CC(=O)C2=C(C1)N(c1cccc(Cl)c1)C(=O)C[C@@H]2c1ccsc1. The van der Waals surface area contributed by atoms with E-state index in [4.69, 9.17) is 11.6 Å².